The van der Waals surface area contributed by atoms with Gasteiger partial charge in [0.2, 0.25) is 0 Å². The average Bonchev–Trinajstić information content (AvgIpc) is 3.00. The number of aromatic carboxylic acids is 1. The summed E-state index contributed by atoms with van der Waals surface area (Å²) in [6.45, 7) is 1.83. The second kappa shape index (κ2) is 7.59. The summed E-state index contributed by atoms with van der Waals surface area (Å²) in [5, 5.41) is 12.4. The molecule has 2 N–H and O–H groups in total. The Morgan fingerprint density at radius 2 is 1.78 bits per heavy atom. The lowest BCUT2D eigenvalue weighted by Crippen LogP contribution is -2.37. The van der Waals surface area contributed by atoms with Crippen LogP contribution >= 0.6 is 22.9 Å². The molecule has 0 fully saturated rings. The molecule has 0 radical (unpaired) electrons. The van der Waals surface area contributed by atoms with Crippen LogP contribution in [-0.2, 0) is 4.74 Å². The van der Waals surface area contributed by atoms with Crippen molar-refractivity contribution in [2.24, 2.45) is 0 Å². The fourth-order valence-corrected chi connectivity index (χ4v) is 3.08. The highest BCUT2D eigenvalue weighted by Gasteiger charge is 2.22. The zero-order valence-electron chi connectivity index (χ0n) is 12.6. The van der Waals surface area contributed by atoms with E-state index in [1.165, 1.54) is 12.1 Å². The number of carbonyl (C=O) groups excluding carboxylic acids is 1. The Balaban J connectivity index is 2.08. The van der Waals surface area contributed by atoms with E-state index in [4.69, 9.17) is 21.4 Å². The molecule has 1 aromatic carbocycles. The summed E-state index contributed by atoms with van der Waals surface area (Å²) < 4.78 is 5.47. The lowest BCUT2D eigenvalue weighted by molar-refractivity contribution is 0.0646. The number of carbonyl (C=O) groups is 2. The molecular weight excluding hydrogens is 338 g/mol. The number of carboxylic acid groups (broad SMARTS) is 1. The molecule has 7 heteroatoms. The zero-order chi connectivity index (χ0) is 17.0. The minimum absolute atomic E-state index is 0.129. The van der Waals surface area contributed by atoms with Gasteiger partial charge in [-0.2, -0.15) is 0 Å². The van der Waals surface area contributed by atoms with Gasteiger partial charge < -0.3 is 15.2 Å². The van der Waals surface area contributed by atoms with Crippen molar-refractivity contribution in [2.75, 3.05) is 7.11 Å². The molecule has 122 valence electrons. The molecule has 1 aromatic heterocycles. The average molecular weight is 354 g/mol. The highest BCUT2D eigenvalue weighted by atomic mass is 35.5. The standard InChI is InChI=1S/C16H16ClNO4S/c1-9(14(22-2)10-3-5-11(17)6-4-10)18-15(19)12-7-8-13(23-12)16(20)21/h3-9,14H,1-2H3,(H,18,19)(H,20,21). The van der Waals surface area contributed by atoms with Crippen molar-refractivity contribution in [1.29, 1.82) is 0 Å². The fourth-order valence-electron chi connectivity index (χ4n) is 2.21. The lowest BCUT2D eigenvalue weighted by atomic mass is 10.0. The van der Waals surface area contributed by atoms with E-state index < -0.39 is 5.97 Å². The zero-order valence-corrected chi connectivity index (χ0v) is 14.1. The summed E-state index contributed by atoms with van der Waals surface area (Å²) in [4.78, 5) is 23.6. The van der Waals surface area contributed by atoms with Gasteiger partial charge in [0.1, 0.15) is 11.0 Å². The molecular formula is C16H16ClNO4S. The summed E-state index contributed by atoms with van der Waals surface area (Å²) in [6, 6.07) is 9.81. The van der Waals surface area contributed by atoms with Crippen LogP contribution in [0.3, 0.4) is 0 Å². The summed E-state index contributed by atoms with van der Waals surface area (Å²) >= 11 is 6.81. The molecule has 0 aliphatic rings. The summed E-state index contributed by atoms with van der Waals surface area (Å²) in [5.74, 6) is -1.37. The molecule has 0 aliphatic heterocycles. The molecule has 0 spiro atoms. The summed E-state index contributed by atoms with van der Waals surface area (Å²) in [5.41, 5.74) is 0.891. The molecule has 2 aromatic rings. The Kier molecular flexibility index (Phi) is 5.76. The van der Waals surface area contributed by atoms with E-state index in [2.05, 4.69) is 5.32 Å². The minimum atomic E-state index is -1.04. The summed E-state index contributed by atoms with van der Waals surface area (Å²) in [6.07, 6.45) is -0.338. The van der Waals surface area contributed by atoms with Gasteiger partial charge in [-0.15, -0.1) is 11.3 Å². The van der Waals surface area contributed by atoms with Gasteiger partial charge in [0.05, 0.1) is 10.9 Å². The highest BCUT2D eigenvalue weighted by molar-refractivity contribution is 7.15. The molecule has 23 heavy (non-hydrogen) atoms. The third-order valence-corrected chi connectivity index (χ3v) is 4.63. The SMILES string of the molecule is COC(c1ccc(Cl)cc1)C(C)NC(=O)c1ccc(C(=O)O)s1. The number of benzene rings is 1. The fraction of sp³-hybridized carbons (Fsp3) is 0.250. The van der Waals surface area contributed by atoms with Gasteiger partial charge in [0.25, 0.3) is 5.91 Å². The van der Waals surface area contributed by atoms with Crippen LogP contribution in [0, 0.1) is 0 Å². The number of hydrogen-bond acceptors (Lipinski definition) is 4. The maximum Gasteiger partial charge on any atom is 0.345 e. The number of nitrogens with one attached hydrogen (secondary N) is 1. The number of methoxy groups -OCH3 is 1. The molecule has 0 bridgehead atoms. The Bertz CT molecular complexity index is 698. The second-order valence-electron chi connectivity index (χ2n) is 4.94. The van der Waals surface area contributed by atoms with E-state index in [-0.39, 0.29) is 22.9 Å². The largest absolute Gasteiger partial charge is 0.477 e. The number of thiophene rings is 1. The Labute approximate surface area is 142 Å². The third-order valence-electron chi connectivity index (χ3n) is 3.31. The number of ether oxygens (including phenoxy) is 1. The molecule has 5 nitrogen and oxygen atoms in total. The van der Waals surface area contributed by atoms with Gasteiger partial charge in [0, 0.05) is 12.1 Å². The van der Waals surface area contributed by atoms with Gasteiger partial charge >= 0.3 is 5.97 Å². The van der Waals surface area contributed by atoms with Crippen molar-refractivity contribution >= 4 is 34.8 Å². The maximum atomic E-state index is 12.2. The molecule has 0 aliphatic carbocycles. The van der Waals surface area contributed by atoms with Crippen molar-refractivity contribution in [2.45, 2.75) is 19.1 Å². The van der Waals surface area contributed by atoms with Crippen molar-refractivity contribution in [1.82, 2.24) is 5.32 Å². The van der Waals surface area contributed by atoms with Crippen molar-refractivity contribution < 1.29 is 19.4 Å². The van der Waals surface area contributed by atoms with E-state index in [1.807, 2.05) is 19.1 Å². The van der Waals surface area contributed by atoms with Crippen LogP contribution in [0.1, 0.15) is 37.9 Å². The Morgan fingerprint density at radius 3 is 2.30 bits per heavy atom. The van der Waals surface area contributed by atoms with Gasteiger partial charge in [0.15, 0.2) is 0 Å². The number of rotatable bonds is 6. The van der Waals surface area contributed by atoms with Crippen LogP contribution in [0.25, 0.3) is 0 Å². The Morgan fingerprint density at radius 1 is 1.17 bits per heavy atom. The minimum Gasteiger partial charge on any atom is -0.477 e. The lowest BCUT2D eigenvalue weighted by Gasteiger charge is -2.24. The van der Waals surface area contributed by atoms with Gasteiger partial charge in [-0.1, -0.05) is 23.7 Å². The number of hydrogen-bond donors (Lipinski definition) is 2. The quantitative estimate of drug-likeness (QED) is 0.831. The molecule has 2 atom stereocenters. The molecule has 0 saturated carbocycles. The third kappa shape index (κ3) is 4.31. The van der Waals surface area contributed by atoms with Gasteiger partial charge in [-0.3, -0.25) is 4.79 Å². The van der Waals surface area contributed by atoms with Crippen LogP contribution in [0.2, 0.25) is 5.02 Å². The van der Waals surface area contributed by atoms with Crippen LogP contribution in [0.5, 0.6) is 0 Å². The molecule has 1 amide bonds. The van der Waals surface area contributed by atoms with Crippen LogP contribution in [0.15, 0.2) is 36.4 Å². The second-order valence-corrected chi connectivity index (χ2v) is 6.46. The normalized spacial score (nSPS) is 13.3. The molecule has 2 unspecified atom stereocenters. The van der Waals surface area contributed by atoms with E-state index >= 15 is 0 Å². The number of carboxylic acids is 1. The Hall–Kier alpha value is -1.89. The van der Waals surface area contributed by atoms with E-state index in [9.17, 15) is 9.59 Å². The van der Waals surface area contributed by atoms with Crippen molar-refractivity contribution in [3.05, 3.63) is 56.7 Å². The number of halogens is 1. The van der Waals surface area contributed by atoms with Gasteiger partial charge in [-0.05, 0) is 36.8 Å². The predicted molar refractivity (Wildman–Crippen MR) is 89.4 cm³/mol. The van der Waals surface area contributed by atoms with Crippen LogP contribution < -0.4 is 5.32 Å². The monoisotopic (exact) mass is 353 g/mol. The maximum absolute atomic E-state index is 12.2. The highest BCUT2D eigenvalue weighted by Crippen LogP contribution is 2.23. The van der Waals surface area contributed by atoms with E-state index in [1.54, 1.807) is 19.2 Å². The molecule has 2 rings (SSSR count). The first-order valence-electron chi connectivity index (χ1n) is 6.84. The first-order valence-corrected chi connectivity index (χ1v) is 8.04. The summed E-state index contributed by atoms with van der Waals surface area (Å²) in [7, 11) is 1.57. The molecule has 1 heterocycles. The first kappa shape index (κ1) is 17.5. The van der Waals surface area contributed by atoms with E-state index in [0.717, 1.165) is 16.9 Å². The topological polar surface area (TPSA) is 75.6 Å². The number of amides is 1. The van der Waals surface area contributed by atoms with Crippen LogP contribution in [-0.4, -0.2) is 30.1 Å². The van der Waals surface area contributed by atoms with E-state index in [0.29, 0.717) is 9.90 Å². The van der Waals surface area contributed by atoms with Crippen LogP contribution in [0.4, 0.5) is 0 Å². The van der Waals surface area contributed by atoms with Gasteiger partial charge in [-0.25, -0.2) is 4.79 Å². The van der Waals surface area contributed by atoms with Crippen molar-refractivity contribution in [3.8, 4) is 0 Å². The first-order chi connectivity index (χ1) is 10.9. The smallest absolute Gasteiger partial charge is 0.345 e. The van der Waals surface area contributed by atoms with Crippen molar-refractivity contribution in [3.63, 3.8) is 0 Å². The predicted octanol–water partition coefficient (Wildman–Crippen LogP) is 3.61. The molecule has 0 saturated heterocycles.